The van der Waals surface area contributed by atoms with Crippen LogP contribution in [0.4, 0.5) is 10.1 Å². The van der Waals surface area contributed by atoms with Gasteiger partial charge in [0.05, 0.1) is 11.6 Å². The number of halogens is 1. The molecule has 0 amide bonds. The first-order valence-corrected chi connectivity index (χ1v) is 5.50. The van der Waals surface area contributed by atoms with E-state index in [0.29, 0.717) is 23.0 Å². The molecule has 2 atom stereocenters. The van der Waals surface area contributed by atoms with Gasteiger partial charge in [-0.1, -0.05) is 6.92 Å². The molecule has 17 heavy (non-hydrogen) atoms. The molecule has 1 fully saturated rings. The van der Waals surface area contributed by atoms with Crippen LogP contribution >= 0.6 is 0 Å². The molecule has 6 heteroatoms. The topological polar surface area (TPSA) is 69.6 Å². The van der Waals surface area contributed by atoms with Crippen LogP contribution in [0.3, 0.4) is 0 Å². The Balaban J connectivity index is 2.09. The summed E-state index contributed by atoms with van der Waals surface area (Å²) in [6.07, 6.45) is 1.03. The van der Waals surface area contributed by atoms with E-state index >= 15 is 0 Å². The van der Waals surface area contributed by atoms with Crippen LogP contribution in [0.1, 0.15) is 19.4 Å². The van der Waals surface area contributed by atoms with Gasteiger partial charge in [0.25, 0.3) is 0 Å². The smallest absolute Gasteiger partial charge is 0.185 e. The average molecular weight is 233 g/mol. The van der Waals surface area contributed by atoms with E-state index in [1.165, 1.54) is 12.1 Å². The van der Waals surface area contributed by atoms with Crippen molar-refractivity contribution < 1.29 is 4.39 Å². The third kappa shape index (κ3) is 1.65. The second kappa shape index (κ2) is 3.51. The maximum Gasteiger partial charge on any atom is 0.185 e. The second-order valence-electron chi connectivity index (χ2n) is 4.47. The molecule has 0 bridgehead atoms. The molecule has 5 nitrogen and oxygen atoms in total. The molecule has 2 unspecified atom stereocenters. The SMILES string of the molecule is CC1CC1n1nnnc1-c1cc(N)ccc1F. The Labute approximate surface area is 97.4 Å². The van der Waals surface area contributed by atoms with Gasteiger partial charge in [0.15, 0.2) is 5.82 Å². The van der Waals surface area contributed by atoms with Gasteiger partial charge < -0.3 is 5.73 Å². The molecule has 0 radical (unpaired) electrons. The Morgan fingerprint density at radius 3 is 2.94 bits per heavy atom. The molecule has 2 aromatic rings. The zero-order valence-electron chi connectivity index (χ0n) is 9.34. The van der Waals surface area contributed by atoms with Gasteiger partial charge in [0.2, 0.25) is 0 Å². The average Bonchev–Trinajstić information content (AvgIpc) is 2.85. The van der Waals surface area contributed by atoms with E-state index in [1.807, 2.05) is 0 Å². The van der Waals surface area contributed by atoms with Gasteiger partial charge in [-0.25, -0.2) is 9.07 Å². The zero-order valence-corrected chi connectivity index (χ0v) is 9.34. The summed E-state index contributed by atoms with van der Waals surface area (Å²) in [4.78, 5) is 0. The van der Waals surface area contributed by atoms with Crippen LogP contribution in [0.5, 0.6) is 0 Å². The van der Waals surface area contributed by atoms with Crippen molar-refractivity contribution in [3.8, 4) is 11.4 Å². The number of nitrogen functional groups attached to an aromatic ring is 1. The number of benzene rings is 1. The Hall–Kier alpha value is -1.98. The molecule has 1 aliphatic rings. The standard InChI is InChI=1S/C11H12FN5/c1-6-4-10(6)17-11(14-15-16-17)8-5-7(13)2-3-9(8)12/h2-3,5-6,10H,4,13H2,1H3. The van der Waals surface area contributed by atoms with E-state index < -0.39 is 0 Å². The normalized spacial score (nSPS) is 22.7. The van der Waals surface area contributed by atoms with Crippen LogP contribution in [0, 0.1) is 11.7 Å². The van der Waals surface area contributed by atoms with E-state index in [9.17, 15) is 4.39 Å². The van der Waals surface area contributed by atoms with Gasteiger partial charge >= 0.3 is 0 Å². The maximum atomic E-state index is 13.7. The fourth-order valence-corrected chi connectivity index (χ4v) is 1.95. The van der Waals surface area contributed by atoms with Crippen molar-refractivity contribution in [1.82, 2.24) is 20.2 Å². The predicted molar refractivity (Wildman–Crippen MR) is 60.4 cm³/mol. The Kier molecular flexibility index (Phi) is 2.10. The van der Waals surface area contributed by atoms with Gasteiger partial charge in [0, 0.05) is 5.69 Å². The highest BCUT2D eigenvalue weighted by molar-refractivity contribution is 5.61. The minimum atomic E-state index is -0.358. The Morgan fingerprint density at radius 1 is 1.47 bits per heavy atom. The maximum absolute atomic E-state index is 13.7. The van der Waals surface area contributed by atoms with E-state index in [-0.39, 0.29) is 11.9 Å². The zero-order chi connectivity index (χ0) is 12.0. The minimum Gasteiger partial charge on any atom is -0.399 e. The lowest BCUT2D eigenvalue weighted by atomic mass is 10.2. The number of aromatic nitrogens is 4. The molecule has 1 aromatic carbocycles. The van der Waals surface area contributed by atoms with Crippen LogP contribution in [-0.4, -0.2) is 20.2 Å². The summed E-state index contributed by atoms with van der Waals surface area (Å²) in [6, 6.07) is 4.69. The van der Waals surface area contributed by atoms with Crippen LogP contribution in [0.25, 0.3) is 11.4 Å². The van der Waals surface area contributed by atoms with Crippen molar-refractivity contribution in [3.05, 3.63) is 24.0 Å². The van der Waals surface area contributed by atoms with Crippen molar-refractivity contribution >= 4 is 5.69 Å². The van der Waals surface area contributed by atoms with Gasteiger partial charge in [-0.2, -0.15) is 0 Å². The molecule has 1 heterocycles. The molecule has 1 aromatic heterocycles. The summed E-state index contributed by atoms with van der Waals surface area (Å²) in [7, 11) is 0. The molecular weight excluding hydrogens is 221 g/mol. The highest BCUT2D eigenvalue weighted by atomic mass is 19.1. The summed E-state index contributed by atoms with van der Waals surface area (Å²) in [5, 5.41) is 11.4. The molecular formula is C11H12FN5. The summed E-state index contributed by atoms with van der Waals surface area (Å²) >= 11 is 0. The summed E-state index contributed by atoms with van der Waals surface area (Å²) in [6.45, 7) is 2.12. The van der Waals surface area contributed by atoms with Gasteiger partial charge in [-0.05, 0) is 41.0 Å². The molecule has 0 saturated heterocycles. The van der Waals surface area contributed by atoms with Gasteiger partial charge in [0.1, 0.15) is 5.82 Å². The van der Waals surface area contributed by atoms with E-state index in [0.717, 1.165) is 6.42 Å². The molecule has 3 rings (SSSR count). The molecule has 1 aliphatic carbocycles. The first-order chi connectivity index (χ1) is 8.16. The molecule has 1 saturated carbocycles. The number of tetrazole rings is 1. The third-order valence-electron chi connectivity index (χ3n) is 3.11. The van der Waals surface area contributed by atoms with Crippen LogP contribution in [0.2, 0.25) is 0 Å². The molecule has 2 N–H and O–H groups in total. The highest BCUT2D eigenvalue weighted by Crippen LogP contribution is 2.43. The predicted octanol–water partition coefficient (Wildman–Crippen LogP) is 1.64. The minimum absolute atomic E-state index is 0.279. The molecule has 0 spiro atoms. The van der Waals surface area contributed by atoms with E-state index in [1.54, 1.807) is 10.7 Å². The quantitative estimate of drug-likeness (QED) is 0.800. The van der Waals surface area contributed by atoms with E-state index in [4.69, 9.17) is 5.73 Å². The Morgan fingerprint density at radius 2 is 2.24 bits per heavy atom. The molecule has 0 aliphatic heterocycles. The molecule has 88 valence electrons. The van der Waals surface area contributed by atoms with Gasteiger partial charge in [-0.3, -0.25) is 0 Å². The van der Waals surface area contributed by atoms with Crippen LogP contribution < -0.4 is 5.73 Å². The fourth-order valence-electron chi connectivity index (χ4n) is 1.95. The lowest BCUT2D eigenvalue weighted by molar-refractivity contribution is 0.579. The van der Waals surface area contributed by atoms with Crippen molar-refractivity contribution in [2.24, 2.45) is 5.92 Å². The largest absolute Gasteiger partial charge is 0.399 e. The monoisotopic (exact) mass is 233 g/mol. The summed E-state index contributed by atoms with van der Waals surface area (Å²) in [5.41, 5.74) is 6.51. The summed E-state index contributed by atoms with van der Waals surface area (Å²) in [5.74, 6) is 0.633. The lowest BCUT2D eigenvalue weighted by Gasteiger charge is -2.05. The summed E-state index contributed by atoms with van der Waals surface area (Å²) < 4.78 is 15.4. The first kappa shape index (κ1) is 10.2. The Bertz CT molecular complexity index is 565. The number of rotatable bonds is 2. The highest BCUT2D eigenvalue weighted by Gasteiger charge is 2.37. The number of nitrogens with two attached hydrogens (primary N) is 1. The van der Waals surface area contributed by atoms with Crippen LogP contribution in [0.15, 0.2) is 18.2 Å². The van der Waals surface area contributed by atoms with Crippen LogP contribution in [-0.2, 0) is 0 Å². The van der Waals surface area contributed by atoms with Crippen molar-refractivity contribution in [2.75, 3.05) is 5.73 Å². The second-order valence-corrected chi connectivity index (χ2v) is 4.47. The fraction of sp³-hybridized carbons (Fsp3) is 0.364. The third-order valence-corrected chi connectivity index (χ3v) is 3.11. The van der Waals surface area contributed by atoms with Crippen molar-refractivity contribution in [1.29, 1.82) is 0 Å². The number of hydrogen-bond acceptors (Lipinski definition) is 4. The van der Waals surface area contributed by atoms with E-state index in [2.05, 4.69) is 22.4 Å². The number of anilines is 1. The number of nitrogens with zero attached hydrogens (tertiary/aromatic N) is 4. The first-order valence-electron chi connectivity index (χ1n) is 5.50. The number of hydrogen-bond donors (Lipinski definition) is 1. The van der Waals surface area contributed by atoms with Gasteiger partial charge in [-0.15, -0.1) is 5.10 Å². The van der Waals surface area contributed by atoms with Crippen molar-refractivity contribution in [2.45, 2.75) is 19.4 Å². The lowest BCUT2D eigenvalue weighted by Crippen LogP contribution is -2.03. The van der Waals surface area contributed by atoms with Crippen molar-refractivity contribution in [3.63, 3.8) is 0 Å².